The van der Waals surface area contributed by atoms with Gasteiger partial charge in [0.1, 0.15) is 0 Å². The second-order valence-corrected chi connectivity index (χ2v) is 4.58. The van der Waals surface area contributed by atoms with Crippen molar-refractivity contribution in [3.8, 4) is 6.07 Å². The molecule has 100 valence electrons. The number of aliphatic carboxylic acids is 1. The standard InChI is InChI=1S/C13H15N.C3H4O2/c14-10-12-8-4-5-9-13(12)11-6-2-1-3-7-11;1-2-3(4)5/h4-5,8-9,11H,1-3,6-7H2;2H,1H2,(H,4,5). The van der Waals surface area contributed by atoms with E-state index in [1.54, 1.807) is 0 Å². The number of carbonyl (C=O) groups is 1. The molecule has 3 nitrogen and oxygen atoms in total. The van der Waals surface area contributed by atoms with Crippen LogP contribution in [0.2, 0.25) is 0 Å². The van der Waals surface area contributed by atoms with Crippen LogP contribution in [0, 0.1) is 11.3 Å². The molecule has 19 heavy (non-hydrogen) atoms. The highest BCUT2D eigenvalue weighted by Gasteiger charge is 2.17. The van der Waals surface area contributed by atoms with Gasteiger partial charge in [-0.15, -0.1) is 0 Å². The molecule has 1 fully saturated rings. The highest BCUT2D eigenvalue weighted by atomic mass is 16.4. The van der Waals surface area contributed by atoms with Crippen molar-refractivity contribution in [2.24, 2.45) is 0 Å². The van der Waals surface area contributed by atoms with Gasteiger partial charge in [-0.3, -0.25) is 0 Å². The van der Waals surface area contributed by atoms with Crippen LogP contribution in [0.4, 0.5) is 0 Å². The van der Waals surface area contributed by atoms with Gasteiger partial charge in [0.25, 0.3) is 0 Å². The minimum atomic E-state index is -0.981. The van der Waals surface area contributed by atoms with E-state index < -0.39 is 5.97 Å². The highest BCUT2D eigenvalue weighted by Crippen LogP contribution is 2.33. The summed E-state index contributed by atoms with van der Waals surface area (Å²) in [5.74, 6) is -0.343. The number of carboxylic acid groups (broad SMARTS) is 1. The molecule has 0 saturated heterocycles. The largest absolute Gasteiger partial charge is 0.478 e. The Hall–Kier alpha value is -2.08. The monoisotopic (exact) mass is 257 g/mol. The fourth-order valence-corrected chi connectivity index (χ4v) is 2.37. The molecule has 0 atom stereocenters. The third-order valence-corrected chi connectivity index (χ3v) is 3.30. The molecule has 0 aromatic heterocycles. The van der Waals surface area contributed by atoms with E-state index >= 15 is 0 Å². The maximum atomic E-state index is 9.25. The Bertz CT molecular complexity index is 468. The second-order valence-electron chi connectivity index (χ2n) is 4.58. The lowest BCUT2D eigenvalue weighted by atomic mass is 9.82. The quantitative estimate of drug-likeness (QED) is 0.818. The smallest absolute Gasteiger partial charge is 0.327 e. The van der Waals surface area contributed by atoms with E-state index in [0.717, 1.165) is 11.6 Å². The molecule has 0 unspecified atom stereocenters. The number of nitrogens with zero attached hydrogens (tertiary/aromatic N) is 1. The summed E-state index contributed by atoms with van der Waals surface area (Å²) in [4.78, 5) is 9.25. The van der Waals surface area contributed by atoms with Gasteiger partial charge in [0.15, 0.2) is 0 Å². The van der Waals surface area contributed by atoms with Crippen molar-refractivity contribution in [3.63, 3.8) is 0 Å². The Kier molecular flexibility index (Phi) is 6.38. The summed E-state index contributed by atoms with van der Waals surface area (Å²) in [5, 5.41) is 16.6. The summed E-state index contributed by atoms with van der Waals surface area (Å²) in [6.07, 6.45) is 7.37. The van der Waals surface area contributed by atoms with E-state index in [-0.39, 0.29) is 0 Å². The first-order valence-corrected chi connectivity index (χ1v) is 6.53. The van der Waals surface area contributed by atoms with Crippen LogP contribution in [0.25, 0.3) is 0 Å². The molecule has 1 saturated carbocycles. The predicted octanol–water partition coefficient (Wildman–Crippen LogP) is 3.86. The summed E-state index contributed by atoms with van der Waals surface area (Å²) in [6.45, 7) is 2.96. The molecule has 1 aliphatic rings. The van der Waals surface area contributed by atoms with E-state index in [0.29, 0.717) is 5.92 Å². The lowest BCUT2D eigenvalue weighted by Crippen LogP contribution is -2.06. The van der Waals surface area contributed by atoms with E-state index in [2.05, 4.69) is 18.7 Å². The van der Waals surface area contributed by atoms with Gasteiger partial charge in [0.2, 0.25) is 0 Å². The van der Waals surface area contributed by atoms with Crippen LogP contribution in [-0.2, 0) is 4.79 Å². The van der Waals surface area contributed by atoms with Gasteiger partial charge in [0.05, 0.1) is 11.6 Å². The summed E-state index contributed by atoms with van der Waals surface area (Å²) in [6, 6.07) is 10.3. The van der Waals surface area contributed by atoms with Crippen LogP contribution in [0.15, 0.2) is 36.9 Å². The lowest BCUT2D eigenvalue weighted by molar-refractivity contribution is -0.131. The maximum Gasteiger partial charge on any atom is 0.327 e. The SMILES string of the molecule is C=CC(=O)O.N#Cc1ccccc1C1CCCCC1. The van der Waals surface area contributed by atoms with Gasteiger partial charge in [-0.1, -0.05) is 44.0 Å². The van der Waals surface area contributed by atoms with E-state index in [1.165, 1.54) is 37.7 Å². The van der Waals surface area contributed by atoms with Crippen molar-refractivity contribution in [3.05, 3.63) is 48.0 Å². The van der Waals surface area contributed by atoms with Crippen LogP contribution in [0.5, 0.6) is 0 Å². The first-order valence-electron chi connectivity index (χ1n) is 6.53. The molecule has 0 spiro atoms. The molecule has 0 aliphatic heterocycles. The summed E-state index contributed by atoms with van der Waals surface area (Å²) < 4.78 is 0. The Morgan fingerprint density at radius 1 is 1.32 bits per heavy atom. The van der Waals surface area contributed by atoms with E-state index in [1.807, 2.05) is 18.2 Å². The van der Waals surface area contributed by atoms with Crippen molar-refractivity contribution >= 4 is 5.97 Å². The van der Waals surface area contributed by atoms with Crippen molar-refractivity contribution in [2.45, 2.75) is 38.0 Å². The normalized spacial score (nSPS) is 14.7. The number of hydrogen-bond acceptors (Lipinski definition) is 2. The molecule has 1 aliphatic carbocycles. The van der Waals surface area contributed by atoms with Crippen LogP contribution in [0.3, 0.4) is 0 Å². The number of carboxylic acids is 1. The molecule has 0 radical (unpaired) electrons. The van der Waals surface area contributed by atoms with E-state index in [4.69, 9.17) is 10.4 Å². The summed E-state index contributed by atoms with van der Waals surface area (Å²) in [7, 11) is 0. The van der Waals surface area contributed by atoms with Gasteiger partial charge >= 0.3 is 5.97 Å². The molecule has 0 heterocycles. The predicted molar refractivity (Wildman–Crippen MR) is 74.8 cm³/mol. The Labute approximate surface area is 114 Å². The number of nitriles is 1. The first-order chi connectivity index (χ1) is 9.19. The molecule has 0 amide bonds. The molecule has 0 bridgehead atoms. The van der Waals surface area contributed by atoms with Gasteiger partial charge in [-0.05, 0) is 30.4 Å². The Balaban J connectivity index is 0.000000312. The molecule has 1 aromatic rings. The number of rotatable bonds is 2. The summed E-state index contributed by atoms with van der Waals surface area (Å²) >= 11 is 0. The molecular weight excluding hydrogens is 238 g/mol. The zero-order chi connectivity index (χ0) is 14.1. The molecule has 2 rings (SSSR count). The van der Waals surface area contributed by atoms with Crippen molar-refractivity contribution in [2.75, 3.05) is 0 Å². The lowest BCUT2D eigenvalue weighted by Gasteiger charge is -2.22. The van der Waals surface area contributed by atoms with Gasteiger partial charge in [-0.25, -0.2) is 4.79 Å². The van der Waals surface area contributed by atoms with Gasteiger partial charge in [-0.2, -0.15) is 5.26 Å². The number of benzene rings is 1. The minimum absolute atomic E-state index is 0.639. The van der Waals surface area contributed by atoms with Gasteiger partial charge in [0, 0.05) is 6.08 Å². The summed E-state index contributed by atoms with van der Waals surface area (Å²) in [5.41, 5.74) is 2.15. The molecule has 1 aromatic carbocycles. The fraction of sp³-hybridized carbons (Fsp3) is 0.375. The highest BCUT2D eigenvalue weighted by molar-refractivity contribution is 5.78. The van der Waals surface area contributed by atoms with E-state index in [9.17, 15) is 4.79 Å². The molecular formula is C16H19NO2. The third kappa shape index (κ3) is 4.97. The molecule has 3 heteroatoms. The van der Waals surface area contributed by atoms with Crippen molar-refractivity contribution < 1.29 is 9.90 Å². The number of hydrogen-bond donors (Lipinski definition) is 1. The zero-order valence-electron chi connectivity index (χ0n) is 11.0. The topological polar surface area (TPSA) is 61.1 Å². The third-order valence-electron chi connectivity index (χ3n) is 3.30. The van der Waals surface area contributed by atoms with Crippen molar-refractivity contribution in [1.29, 1.82) is 5.26 Å². The zero-order valence-corrected chi connectivity index (χ0v) is 11.0. The fourth-order valence-electron chi connectivity index (χ4n) is 2.37. The van der Waals surface area contributed by atoms with Crippen LogP contribution in [-0.4, -0.2) is 11.1 Å². The Morgan fingerprint density at radius 3 is 2.42 bits per heavy atom. The maximum absolute atomic E-state index is 9.25. The average Bonchev–Trinajstić information content (AvgIpc) is 2.48. The van der Waals surface area contributed by atoms with Gasteiger partial charge < -0.3 is 5.11 Å². The average molecular weight is 257 g/mol. The molecule has 1 N–H and O–H groups in total. The second kappa shape index (κ2) is 8.10. The van der Waals surface area contributed by atoms with Crippen molar-refractivity contribution in [1.82, 2.24) is 0 Å². The van der Waals surface area contributed by atoms with Crippen LogP contribution >= 0.6 is 0 Å². The minimum Gasteiger partial charge on any atom is -0.478 e. The Morgan fingerprint density at radius 2 is 1.89 bits per heavy atom. The van der Waals surface area contributed by atoms with Crippen LogP contribution in [0.1, 0.15) is 49.1 Å². The first kappa shape index (κ1) is 15.0. The van der Waals surface area contributed by atoms with Crippen LogP contribution < -0.4 is 0 Å².